The maximum Gasteiger partial charge on any atom is 0.270 e. The third-order valence-corrected chi connectivity index (χ3v) is 6.49. The third-order valence-electron chi connectivity index (χ3n) is 5.27. The van der Waals surface area contributed by atoms with E-state index >= 15 is 0 Å². The predicted octanol–water partition coefficient (Wildman–Crippen LogP) is 2.66. The quantitative estimate of drug-likeness (QED) is 0.429. The Balaban J connectivity index is 1.62. The second-order valence-electron chi connectivity index (χ2n) is 7.45. The van der Waals surface area contributed by atoms with Gasteiger partial charge < -0.3 is 20.2 Å². The number of aliphatic hydroxyl groups excluding tert-OH is 1. The molecule has 2 aromatic carbocycles. The fourth-order valence-electron chi connectivity index (χ4n) is 3.47. The summed E-state index contributed by atoms with van der Waals surface area (Å²) >= 11 is -1.36. The minimum atomic E-state index is -1.36. The third kappa shape index (κ3) is 5.90. The Morgan fingerprint density at radius 3 is 2.35 bits per heavy atom. The first-order chi connectivity index (χ1) is 14.9. The normalized spacial score (nSPS) is 18.5. The highest BCUT2D eigenvalue weighted by atomic mass is 32.2. The average Bonchev–Trinajstić information content (AvgIpc) is 3.24. The van der Waals surface area contributed by atoms with Gasteiger partial charge in [-0.25, -0.2) is 0 Å². The molecule has 164 valence electrons. The number of benzene rings is 2. The summed E-state index contributed by atoms with van der Waals surface area (Å²) in [4.78, 5) is 27.1. The van der Waals surface area contributed by atoms with Crippen molar-refractivity contribution in [3.05, 3.63) is 64.6 Å². The fourth-order valence-corrected chi connectivity index (χ4v) is 4.29. The van der Waals surface area contributed by atoms with Crippen molar-refractivity contribution in [2.24, 2.45) is 16.1 Å². The van der Waals surface area contributed by atoms with Crippen LogP contribution in [0.25, 0.3) is 11.1 Å². The molecule has 0 aliphatic carbocycles. The van der Waals surface area contributed by atoms with Gasteiger partial charge in [0.25, 0.3) is 5.91 Å². The molecule has 0 aromatic heterocycles. The van der Waals surface area contributed by atoms with E-state index in [9.17, 15) is 19.4 Å². The molecule has 31 heavy (non-hydrogen) atoms. The Kier molecular flexibility index (Phi) is 7.78. The van der Waals surface area contributed by atoms with Crippen LogP contribution in [-0.4, -0.2) is 45.4 Å². The van der Waals surface area contributed by atoms with Crippen molar-refractivity contribution in [3.63, 3.8) is 0 Å². The van der Waals surface area contributed by atoms with Crippen LogP contribution in [-0.2, 0) is 20.8 Å². The standard InChI is InChI=1S/C22H25N3O5S/c1-31(29)21(22(23)27)13-18-12-19(25-30-18)16-6-2-14(3-7-16)15-4-8-17(9-5-15)20(26)10-11-24-28/h2-9,18,20-21,26H,10-13H2,1H3,(H2,23,27). The molecule has 4 atom stereocenters. The number of rotatable bonds is 10. The van der Waals surface area contributed by atoms with E-state index < -0.39 is 28.4 Å². The highest BCUT2D eigenvalue weighted by molar-refractivity contribution is 7.92. The Morgan fingerprint density at radius 1 is 1.23 bits per heavy atom. The smallest absolute Gasteiger partial charge is 0.270 e. The van der Waals surface area contributed by atoms with Crippen molar-refractivity contribution in [1.29, 1.82) is 0 Å². The molecule has 3 N–H and O–H groups in total. The van der Waals surface area contributed by atoms with Crippen LogP contribution in [0.2, 0.25) is 0 Å². The summed E-state index contributed by atoms with van der Waals surface area (Å²) in [6.07, 6.45) is 1.51. The molecule has 0 radical (unpaired) electrons. The average molecular weight is 444 g/mol. The number of carbonyl (C=O) groups excluding carboxylic acids is 1. The molecule has 1 amide bonds. The van der Waals surface area contributed by atoms with Gasteiger partial charge in [0.05, 0.1) is 24.6 Å². The van der Waals surface area contributed by atoms with E-state index in [1.807, 2.05) is 48.5 Å². The molecular weight excluding hydrogens is 418 g/mol. The monoisotopic (exact) mass is 443 g/mol. The number of oxime groups is 1. The van der Waals surface area contributed by atoms with Crippen LogP contribution < -0.4 is 5.73 Å². The SMILES string of the molecule is C[S+]([O-])C(CC1CC(c2ccc(-c3ccc(C(O)CCN=O)cc3)cc2)=NO1)C(N)=O. The van der Waals surface area contributed by atoms with Gasteiger partial charge in [-0.3, -0.25) is 4.79 Å². The zero-order chi connectivity index (χ0) is 22.4. The minimum absolute atomic E-state index is 0.0817. The maximum atomic E-state index is 11.7. The number of primary amides is 1. The molecule has 0 saturated heterocycles. The van der Waals surface area contributed by atoms with E-state index in [4.69, 9.17) is 10.6 Å². The topological polar surface area (TPSA) is 137 Å². The Hall–Kier alpha value is -2.75. The van der Waals surface area contributed by atoms with Crippen molar-refractivity contribution in [3.8, 4) is 11.1 Å². The second kappa shape index (κ2) is 10.5. The van der Waals surface area contributed by atoms with Crippen LogP contribution >= 0.6 is 0 Å². The summed E-state index contributed by atoms with van der Waals surface area (Å²) in [5, 5.41) is 16.2. The van der Waals surface area contributed by atoms with Crippen molar-refractivity contribution in [2.75, 3.05) is 12.8 Å². The van der Waals surface area contributed by atoms with Crippen molar-refractivity contribution in [2.45, 2.75) is 36.7 Å². The van der Waals surface area contributed by atoms with E-state index in [-0.39, 0.29) is 19.1 Å². The lowest BCUT2D eigenvalue weighted by atomic mass is 9.97. The molecule has 4 unspecified atom stereocenters. The van der Waals surface area contributed by atoms with E-state index in [1.165, 1.54) is 6.26 Å². The van der Waals surface area contributed by atoms with Crippen molar-refractivity contribution >= 4 is 22.8 Å². The van der Waals surface area contributed by atoms with Crippen LogP contribution in [0.15, 0.2) is 58.9 Å². The molecule has 1 aliphatic heterocycles. The maximum absolute atomic E-state index is 11.7. The van der Waals surface area contributed by atoms with E-state index in [2.05, 4.69) is 10.3 Å². The highest BCUT2D eigenvalue weighted by Crippen LogP contribution is 2.26. The van der Waals surface area contributed by atoms with Crippen LogP contribution in [0.3, 0.4) is 0 Å². The molecule has 9 heteroatoms. The van der Waals surface area contributed by atoms with Gasteiger partial charge in [-0.05, 0) is 33.4 Å². The summed E-state index contributed by atoms with van der Waals surface area (Å²) in [6, 6.07) is 15.4. The fraction of sp³-hybridized carbons (Fsp3) is 0.364. The number of nitrogens with two attached hydrogens (primary N) is 1. The van der Waals surface area contributed by atoms with E-state index in [1.54, 1.807) is 0 Å². The minimum Gasteiger partial charge on any atom is -0.616 e. The molecule has 0 fully saturated rings. The summed E-state index contributed by atoms with van der Waals surface area (Å²) < 4.78 is 11.7. The summed E-state index contributed by atoms with van der Waals surface area (Å²) in [5.41, 5.74) is 9.75. The number of nitroso groups, excluding NO2 is 1. The van der Waals surface area contributed by atoms with Gasteiger partial charge >= 0.3 is 0 Å². The number of hydrogen-bond acceptors (Lipinski definition) is 7. The summed E-state index contributed by atoms with van der Waals surface area (Å²) in [5.74, 6) is -0.596. The molecule has 0 saturated carbocycles. The molecule has 3 rings (SSSR count). The first-order valence-corrected chi connectivity index (χ1v) is 11.5. The van der Waals surface area contributed by atoms with E-state index in [0.29, 0.717) is 12.8 Å². The molecule has 1 aliphatic rings. The zero-order valence-electron chi connectivity index (χ0n) is 17.1. The van der Waals surface area contributed by atoms with Crippen molar-refractivity contribution in [1.82, 2.24) is 0 Å². The Bertz CT molecular complexity index is 931. The Labute approximate surface area is 183 Å². The highest BCUT2D eigenvalue weighted by Gasteiger charge is 2.33. The Morgan fingerprint density at radius 2 is 1.81 bits per heavy atom. The van der Waals surface area contributed by atoms with Crippen LogP contribution in [0.5, 0.6) is 0 Å². The predicted molar refractivity (Wildman–Crippen MR) is 120 cm³/mol. The summed E-state index contributed by atoms with van der Waals surface area (Å²) in [7, 11) is 0. The zero-order valence-corrected chi connectivity index (χ0v) is 18.0. The number of nitrogens with zero attached hydrogens (tertiary/aromatic N) is 2. The van der Waals surface area contributed by atoms with Gasteiger partial charge in [-0.15, -0.1) is 0 Å². The van der Waals surface area contributed by atoms with E-state index in [0.717, 1.165) is 28.0 Å². The van der Waals surface area contributed by atoms with Gasteiger partial charge in [-0.1, -0.05) is 58.9 Å². The summed E-state index contributed by atoms with van der Waals surface area (Å²) in [6.45, 7) is 0.0817. The largest absolute Gasteiger partial charge is 0.616 e. The lowest BCUT2D eigenvalue weighted by molar-refractivity contribution is -0.118. The first-order valence-electron chi connectivity index (χ1n) is 9.91. The number of hydrogen-bond donors (Lipinski definition) is 2. The van der Waals surface area contributed by atoms with Crippen LogP contribution in [0.1, 0.15) is 36.5 Å². The van der Waals surface area contributed by atoms with Gasteiger partial charge in [-0.2, -0.15) is 4.91 Å². The first kappa shape index (κ1) is 22.9. The molecular formula is C22H25N3O5S. The lowest BCUT2D eigenvalue weighted by Crippen LogP contribution is -2.38. The van der Waals surface area contributed by atoms with Crippen LogP contribution in [0.4, 0.5) is 0 Å². The van der Waals surface area contributed by atoms with Gasteiger partial charge in [0, 0.05) is 19.3 Å². The number of aliphatic hydroxyl groups is 1. The lowest BCUT2D eigenvalue weighted by Gasteiger charge is -2.17. The molecule has 0 bridgehead atoms. The number of amides is 1. The van der Waals surface area contributed by atoms with Gasteiger partial charge in [0.2, 0.25) is 0 Å². The second-order valence-corrected chi connectivity index (χ2v) is 9.02. The van der Waals surface area contributed by atoms with Gasteiger partial charge in [0.15, 0.2) is 5.25 Å². The van der Waals surface area contributed by atoms with Crippen molar-refractivity contribution < 1.29 is 19.3 Å². The van der Waals surface area contributed by atoms with Gasteiger partial charge in [0.1, 0.15) is 6.10 Å². The number of carbonyl (C=O) groups is 1. The van der Waals surface area contributed by atoms with Crippen LogP contribution in [0, 0.1) is 4.91 Å². The molecule has 0 spiro atoms. The molecule has 2 aromatic rings. The molecule has 1 heterocycles. The molecule has 8 nitrogen and oxygen atoms in total.